The van der Waals surface area contributed by atoms with Crippen LogP contribution in [-0.4, -0.2) is 26.4 Å². The maximum absolute atomic E-state index is 11.1. The number of benzene rings is 5. The molecule has 0 saturated heterocycles. The highest BCUT2D eigenvalue weighted by Crippen LogP contribution is 2.43. The summed E-state index contributed by atoms with van der Waals surface area (Å²) >= 11 is 0. The molecule has 198 valence electrons. The van der Waals surface area contributed by atoms with Gasteiger partial charge < -0.3 is 24.1 Å². The summed E-state index contributed by atoms with van der Waals surface area (Å²) in [4.78, 5) is 0. The van der Waals surface area contributed by atoms with E-state index in [-0.39, 0.29) is 11.3 Å². The van der Waals surface area contributed by atoms with Crippen molar-refractivity contribution in [3.05, 3.63) is 109 Å². The lowest BCUT2D eigenvalue weighted by Crippen LogP contribution is -1.95. The fourth-order valence-corrected chi connectivity index (χ4v) is 4.50. The van der Waals surface area contributed by atoms with E-state index < -0.39 is 0 Å². The SMILES string of the molecule is COc1ccc(-c2ccc(O)c(-c3cc(-c4ccc(OC)cc4)ccc3Oc3cccc(OC)c3C#N)c2)cc1. The van der Waals surface area contributed by atoms with Gasteiger partial charge in [0.05, 0.1) is 21.3 Å². The van der Waals surface area contributed by atoms with Gasteiger partial charge in [-0.2, -0.15) is 5.26 Å². The van der Waals surface area contributed by atoms with Gasteiger partial charge in [-0.05, 0) is 82.9 Å². The quantitative estimate of drug-likeness (QED) is 0.219. The second-order valence-corrected chi connectivity index (χ2v) is 8.95. The van der Waals surface area contributed by atoms with E-state index in [1.54, 1.807) is 38.5 Å². The van der Waals surface area contributed by atoms with Crippen LogP contribution in [0.5, 0.6) is 34.5 Å². The van der Waals surface area contributed by atoms with Crippen LogP contribution in [0.15, 0.2) is 103 Å². The molecule has 0 spiro atoms. The summed E-state index contributed by atoms with van der Waals surface area (Å²) in [5, 5.41) is 20.9. The van der Waals surface area contributed by atoms with Gasteiger partial charge in [0, 0.05) is 11.1 Å². The molecule has 0 bridgehead atoms. The molecule has 0 radical (unpaired) electrons. The summed E-state index contributed by atoms with van der Waals surface area (Å²) in [7, 11) is 4.77. The Morgan fingerprint density at radius 3 is 1.62 bits per heavy atom. The standard InChI is InChI=1S/C34H27NO5/c1-37-26-13-7-22(8-14-26)24-11-17-31(36)28(19-24)29-20-25(23-9-15-27(38-2)16-10-23)12-18-34(29)40-33-6-4-5-32(39-3)30(33)21-35/h4-20,36H,1-3H3. The summed E-state index contributed by atoms with van der Waals surface area (Å²) in [6, 6.07) is 34.1. The minimum Gasteiger partial charge on any atom is -0.507 e. The molecule has 1 N–H and O–H groups in total. The fraction of sp³-hybridized carbons (Fsp3) is 0.0882. The van der Waals surface area contributed by atoms with Crippen LogP contribution in [-0.2, 0) is 0 Å². The van der Waals surface area contributed by atoms with Crippen LogP contribution in [0, 0.1) is 11.3 Å². The normalized spacial score (nSPS) is 10.4. The fourth-order valence-electron chi connectivity index (χ4n) is 4.50. The summed E-state index contributed by atoms with van der Waals surface area (Å²) in [5.41, 5.74) is 5.30. The van der Waals surface area contributed by atoms with Crippen LogP contribution in [0.4, 0.5) is 0 Å². The highest BCUT2D eigenvalue weighted by molar-refractivity contribution is 5.84. The minimum absolute atomic E-state index is 0.0974. The third-order valence-electron chi connectivity index (χ3n) is 6.65. The highest BCUT2D eigenvalue weighted by Gasteiger charge is 2.18. The average molecular weight is 530 g/mol. The minimum atomic E-state index is 0.0974. The predicted octanol–water partition coefficient (Wildman–Crippen LogP) is 8.08. The number of nitrogens with zero attached hydrogens (tertiary/aromatic N) is 1. The first-order valence-corrected chi connectivity index (χ1v) is 12.6. The molecule has 0 amide bonds. The number of hydrogen-bond donors (Lipinski definition) is 1. The molecule has 0 atom stereocenters. The van der Waals surface area contributed by atoms with E-state index in [0.29, 0.717) is 28.4 Å². The molecule has 0 aliphatic rings. The Kier molecular flexibility index (Phi) is 7.56. The molecule has 6 heteroatoms. The van der Waals surface area contributed by atoms with Gasteiger partial charge in [0.25, 0.3) is 0 Å². The zero-order valence-electron chi connectivity index (χ0n) is 22.3. The van der Waals surface area contributed by atoms with E-state index in [0.717, 1.165) is 33.8 Å². The van der Waals surface area contributed by atoms with Crippen LogP contribution >= 0.6 is 0 Å². The first kappa shape index (κ1) is 26.2. The molecule has 0 heterocycles. The number of methoxy groups -OCH3 is 3. The van der Waals surface area contributed by atoms with Crippen LogP contribution in [0.2, 0.25) is 0 Å². The van der Waals surface area contributed by atoms with Crippen LogP contribution in [0.1, 0.15) is 5.56 Å². The molecule has 5 aromatic rings. The number of ether oxygens (including phenoxy) is 4. The summed E-state index contributed by atoms with van der Waals surface area (Å²) in [6.45, 7) is 0. The van der Waals surface area contributed by atoms with Gasteiger partial charge in [-0.3, -0.25) is 0 Å². The van der Waals surface area contributed by atoms with E-state index in [4.69, 9.17) is 18.9 Å². The van der Waals surface area contributed by atoms with Crippen molar-refractivity contribution in [1.82, 2.24) is 0 Å². The Morgan fingerprint density at radius 1 is 0.550 bits per heavy atom. The molecular weight excluding hydrogens is 502 g/mol. The Bertz CT molecular complexity index is 1690. The maximum Gasteiger partial charge on any atom is 0.149 e. The number of hydrogen-bond acceptors (Lipinski definition) is 6. The van der Waals surface area contributed by atoms with E-state index in [1.807, 2.05) is 78.9 Å². The molecule has 40 heavy (non-hydrogen) atoms. The zero-order chi connectivity index (χ0) is 28.1. The molecular formula is C34H27NO5. The number of nitriles is 1. The van der Waals surface area contributed by atoms with E-state index >= 15 is 0 Å². The van der Waals surface area contributed by atoms with Gasteiger partial charge in [-0.15, -0.1) is 0 Å². The lowest BCUT2D eigenvalue weighted by molar-refractivity contribution is 0.407. The van der Waals surface area contributed by atoms with Crippen molar-refractivity contribution in [1.29, 1.82) is 5.26 Å². The first-order valence-electron chi connectivity index (χ1n) is 12.6. The van der Waals surface area contributed by atoms with Crippen molar-refractivity contribution < 1.29 is 24.1 Å². The topological polar surface area (TPSA) is 80.9 Å². The molecule has 6 nitrogen and oxygen atoms in total. The molecule has 0 aliphatic carbocycles. The van der Waals surface area contributed by atoms with Crippen molar-refractivity contribution in [2.45, 2.75) is 0 Å². The molecule has 0 fully saturated rings. The Balaban J connectivity index is 1.66. The number of aromatic hydroxyl groups is 1. The molecule has 0 saturated carbocycles. The predicted molar refractivity (Wildman–Crippen MR) is 155 cm³/mol. The van der Waals surface area contributed by atoms with Crippen LogP contribution in [0.3, 0.4) is 0 Å². The van der Waals surface area contributed by atoms with Gasteiger partial charge >= 0.3 is 0 Å². The maximum atomic E-state index is 11.1. The third-order valence-corrected chi connectivity index (χ3v) is 6.65. The molecule has 0 aromatic heterocycles. The average Bonchev–Trinajstić information content (AvgIpc) is 3.01. The molecule has 0 aliphatic heterocycles. The summed E-state index contributed by atoms with van der Waals surface area (Å²) in [5.74, 6) is 2.87. The Morgan fingerprint density at radius 2 is 1.07 bits per heavy atom. The van der Waals surface area contributed by atoms with Crippen molar-refractivity contribution in [3.8, 4) is 73.9 Å². The van der Waals surface area contributed by atoms with Crippen LogP contribution in [0.25, 0.3) is 33.4 Å². The lowest BCUT2D eigenvalue weighted by Gasteiger charge is -2.17. The molecule has 5 rings (SSSR count). The smallest absolute Gasteiger partial charge is 0.149 e. The monoisotopic (exact) mass is 529 g/mol. The molecule has 0 unspecified atom stereocenters. The van der Waals surface area contributed by atoms with Gasteiger partial charge in [0.1, 0.15) is 46.1 Å². The van der Waals surface area contributed by atoms with Gasteiger partial charge in [0.15, 0.2) is 0 Å². The zero-order valence-corrected chi connectivity index (χ0v) is 22.3. The summed E-state index contributed by atoms with van der Waals surface area (Å²) < 4.78 is 22.3. The van der Waals surface area contributed by atoms with Gasteiger partial charge in [0.2, 0.25) is 0 Å². The first-order chi connectivity index (χ1) is 19.5. The number of phenolic OH excluding ortho intramolecular Hbond substituents is 1. The van der Waals surface area contributed by atoms with Gasteiger partial charge in [-0.1, -0.05) is 42.5 Å². The largest absolute Gasteiger partial charge is 0.507 e. The molecule has 5 aromatic carbocycles. The van der Waals surface area contributed by atoms with E-state index in [9.17, 15) is 10.4 Å². The van der Waals surface area contributed by atoms with Gasteiger partial charge in [-0.25, -0.2) is 0 Å². The van der Waals surface area contributed by atoms with Crippen molar-refractivity contribution in [2.75, 3.05) is 21.3 Å². The Labute approximate surface area is 233 Å². The van der Waals surface area contributed by atoms with Crippen molar-refractivity contribution >= 4 is 0 Å². The van der Waals surface area contributed by atoms with E-state index in [1.165, 1.54) is 7.11 Å². The van der Waals surface area contributed by atoms with Crippen molar-refractivity contribution in [2.24, 2.45) is 0 Å². The Hall–Kier alpha value is -5.41. The highest BCUT2D eigenvalue weighted by atomic mass is 16.5. The number of rotatable bonds is 8. The lowest BCUT2D eigenvalue weighted by atomic mass is 9.94. The third kappa shape index (κ3) is 5.27. The van der Waals surface area contributed by atoms with Crippen molar-refractivity contribution in [3.63, 3.8) is 0 Å². The second kappa shape index (κ2) is 11.5. The second-order valence-electron chi connectivity index (χ2n) is 8.95. The number of phenols is 1. The van der Waals surface area contributed by atoms with Crippen LogP contribution < -0.4 is 18.9 Å². The summed E-state index contributed by atoms with van der Waals surface area (Å²) in [6.07, 6.45) is 0. The van der Waals surface area contributed by atoms with E-state index in [2.05, 4.69) is 6.07 Å².